The summed E-state index contributed by atoms with van der Waals surface area (Å²) in [5.74, 6) is 0.416. The Morgan fingerprint density at radius 2 is 1.88 bits per heavy atom. The highest BCUT2D eigenvalue weighted by molar-refractivity contribution is 6.30. The van der Waals surface area contributed by atoms with Gasteiger partial charge < -0.3 is 10.1 Å². The molecule has 0 atom stereocenters. The number of hydrogen-bond donors (Lipinski definition) is 1. The number of halogens is 2. The molecule has 128 valence electrons. The van der Waals surface area contributed by atoms with Gasteiger partial charge in [-0.15, -0.1) is 0 Å². The van der Waals surface area contributed by atoms with E-state index in [-0.39, 0.29) is 12.4 Å². The van der Waals surface area contributed by atoms with Crippen LogP contribution in [0.3, 0.4) is 0 Å². The lowest BCUT2D eigenvalue weighted by Crippen LogP contribution is -2.14. The monoisotopic (exact) mass is 356 g/mol. The molecule has 2 aromatic carbocycles. The van der Waals surface area contributed by atoms with Crippen molar-refractivity contribution in [1.82, 2.24) is 10.3 Å². The predicted molar refractivity (Wildman–Crippen MR) is 97.0 cm³/mol. The first-order valence-corrected chi connectivity index (χ1v) is 8.34. The number of aromatic nitrogens is 1. The van der Waals surface area contributed by atoms with Crippen LogP contribution in [0.5, 0.6) is 5.75 Å². The molecule has 1 heterocycles. The second-order valence-corrected chi connectivity index (χ2v) is 6.03. The third-order valence-corrected chi connectivity index (χ3v) is 3.97. The standard InChI is InChI=1S/C20H18ClFN2O/c21-18-7-8-20(25-14-16-5-1-2-6-19(16)22)17(10-18)13-24-12-15-4-3-9-23-11-15/h1-11,24H,12-14H2. The molecule has 1 aromatic heterocycles. The van der Waals surface area contributed by atoms with Crippen LogP contribution in [0.25, 0.3) is 0 Å². The number of hydrogen-bond acceptors (Lipinski definition) is 3. The molecule has 0 unspecified atom stereocenters. The van der Waals surface area contributed by atoms with E-state index in [4.69, 9.17) is 16.3 Å². The van der Waals surface area contributed by atoms with E-state index in [0.29, 0.717) is 29.4 Å². The van der Waals surface area contributed by atoms with Crippen molar-refractivity contribution in [3.8, 4) is 5.75 Å². The first kappa shape index (κ1) is 17.4. The minimum absolute atomic E-state index is 0.171. The van der Waals surface area contributed by atoms with Crippen LogP contribution in [-0.4, -0.2) is 4.98 Å². The highest BCUT2D eigenvalue weighted by Gasteiger charge is 2.07. The zero-order valence-corrected chi connectivity index (χ0v) is 14.3. The summed E-state index contributed by atoms with van der Waals surface area (Å²) in [6, 6.07) is 15.9. The van der Waals surface area contributed by atoms with Crippen LogP contribution >= 0.6 is 11.6 Å². The van der Waals surface area contributed by atoms with E-state index < -0.39 is 0 Å². The van der Waals surface area contributed by atoms with Crippen LogP contribution in [0.1, 0.15) is 16.7 Å². The number of ether oxygens (including phenoxy) is 1. The molecule has 0 spiro atoms. The van der Waals surface area contributed by atoms with Crippen LogP contribution in [0, 0.1) is 5.82 Å². The second-order valence-electron chi connectivity index (χ2n) is 5.60. The molecule has 0 aliphatic rings. The maximum atomic E-state index is 13.7. The Morgan fingerprint density at radius 3 is 2.68 bits per heavy atom. The molecule has 0 amide bonds. The number of rotatable bonds is 7. The van der Waals surface area contributed by atoms with Gasteiger partial charge in [0.2, 0.25) is 0 Å². The predicted octanol–water partition coefficient (Wildman–Crippen LogP) is 4.74. The highest BCUT2D eigenvalue weighted by Crippen LogP contribution is 2.24. The Bertz CT molecular complexity index is 827. The summed E-state index contributed by atoms with van der Waals surface area (Å²) in [5.41, 5.74) is 2.54. The molecule has 0 bridgehead atoms. The smallest absolute Gasteiger partial charge is 0.129 e. The molecule has 1 N–H and O–H groups in total. The third kappa shape index (κ3) is 5.02. The summed E-state index contributed by atoms with van der Waals surface area (Å²) in [4.78, 5) is 4.09. The second kappa shape index (κ2) is 8.60. The van der Waals surface area contributed by atoms with Crippen LogP contribution in [0.2, 0.25) is 5.02 Å². The first-order valence-electron chi connectivity index (χ1n) is 7.96. The largest absolute Gasteiger partial charge is 0.488 e. The van der Waals surface area contributed by atoms with E-state index in [1.54, 1.807) is 30.5 Å². The molecule has 0 aliphatic heterocycles. The summed E-state index contributed by atoms with van der Waals surface area (Å²) in [7, 11) is 0. The van der Waals surface area contributed by atoms with Crippen molar-refractivity contribution in [2.24, 2.45) is 0 Å². The van der Waals surface area contributed by atoms with Gasteiger partial charge in [-0.3, -0.25) is 4.98 Å². The molecule has 3 nitrogen and oxygen atoms in total. The van der Waals surface area contributed by atoms with Crippen LogP contribution in [-0.2, 0) is 19.7 Å². The van der Waals surface area contributed by atoms with Gasteiger partial charge in [0.25, 0.3) is 0 Å². The van der Waals surface area contributed by atoms with E-state index in [2.05, 4.69) is 10.3 Å². The summed E-state index contributed by atoms with van der Waals surface area (Å²) in [5, 5.41) is 3.98. The van der Waals surface area contributed by atoms with Gasteiger partial charge >= 0.3 is 0 Å². The Balaban J connectivity index is 1.64. The molecule has 3 aromatic rings. The molecular formula is C20H18ClFN2O. The Labute approximate surface area is 151 Å². The van der Waals surface area contributed by atoms with Crippen molar-refractivity contribution in [2.75, 3.05) is 0 Å². The van der Waals surface area contributed by atoms with Crippen molar-refractivity contribution in [3.63, 3.8) is 0 Å². The average Bonchev–Trinajstić information content (AvgIpc) is 2.63. The van der Waals surface area contributed by atoms with E-state index >= 15 is 0 Å². The number of benzene rings is 2. The van der Waals surface area contributed by atoms with Crippen molar-refractivity contribution in [2.45, 2.75) is 19.7 Å². The van der Waals surface area contributed by atoms with Crippen LogP contribution in [0.4, 0.5) is 4.39 Å². The van der Waals surface area contributed by atoms with Crippen LogP contribution < -0.4 is 10.1 Å². The van der Waals surface area contributed by atoms with Gasteiger partial charge in [0.05, 0.1) is 0 Å². The SMILES string of the molecule is Fc1ccccc1COc1ccc(Cl)cc1CNCc1cccnc1. The zero-order chi connectivity index (χ0) is 17.5. The fourth-order valence-electron chi connectivity index (χ4n) is 2.44. The lowest BCUT2D eigenvalue weighted by molar-refractivity contribution is 0.296. The molecule has 0 fully saturated rings. The molecule has 0 saturated carbocycles. The Hall–Kier alpha value is -2.43. The fourth-order valence-corrected chi connectivity index (χ4v) is 2.64. The van der Waals surface area contributed by atoms with E-state index in [9.17, 15) is 4.39 Å². The minimum Gasteiger partial charge on any atom is -0.488 e. The minimum atomic E-state index is -0.271. The van der Waals surface area contributed by atoms with Crippen molar-refractivity contribution in [1.29, 1.82) is 0 Å². The molecule has 5 heteroatoms. The molecule has 0 aliphatic carbocycles. The molecule has 3 rings (SSSR count). The molecular weight excluding hydrogens is 339 g/mol. The number of pyridine rings is 1. The van der Waals surface area contributed by atoms with Crippen LogP contribution in [0.15, 0.2) is 67.0 Å². The van der Waals surface area contributed by atoms with Gasteiger partial charge in [-0.2, -0.15) is 0 Å². The zero-order valence-electron chi connectivity index (χ0n) is 13.6. The van der Waals surface area contributed by atoms with Gasteiger partial charge in [0, 0.05) is 41.6 Å². The van der Waals surface area contributed by atoms with Crippen molar-refractivity contribution in [3.05, 3.63) is 94.5 Å². The molecule has 0 saturated heterocycles. The lowest BCUT2D eigenvalue weighted by atomic mass is 10.2. The first-order chi connectivity index (χ1) is 12.2. The van der Waals surface area contributed by atoms with E-state index in [1.165, 1.54) is 6.07 Å². The Kier molecular flexibility index (Phi) is 5.99. The molecule has 0 radical (unpaired) electrons. The maximum absolute atomic E-state index is 13.7. The van der Waals surface area contributed by atoms with Gasteiger partial charge in [0.1, 0.15) is 18.2 Å². The van der Waals surface area contributed by atoms with Crippen molar-refractivity contribution < 1.29 is 9.13 Å². The number of nitrogens with zero attached hydrogens (tertiary/aromatic N) is 1. The summed E-state index contributed by atoms with van der Waals surface area (Å²) >= 11 is 6.10. The molecule has 25 heavy (non-hydrogen) atoms. The summed E-state index contributed by atoms with van der Waals surface area (Å²) in [6.07, 6.45) is 3.57. The maximum Gasteiger partial charge on any atom is 0.129 e. The topological polar surface area (TPSA) is 34.1 Å². The third-order valence-electron chi connectivity index (χ3n) is 3.73. The van der Waals surface area contributed by atoms with E-state index in [0.717, 1.165) is 11.1 Å². The fraction of sp³-hybridized carbons (Fsp3) is 0.150. The Morgan fingerprint density at radius 1 is 1.00 bits per heavy atom. The van der Waals surface area contributed by atoms with Gasteiger partial charge in [-0.25, -0.2) is 4.39 Å². The van der Waals surface area contributed by atoms with Crippen molar-refractivity contribution >= 4 is 11.6 Å². The lowest BCUT2D eigenvalue weighted by Gasteiger charge is -2.13. The quantitative estimate of drug-likeness (QED) is 0.663. The van der Waals surface area contributed by atoms with Gasteiger partial charge in [-0.05, 0) is 35.9 Å². The van der Waals surface area contributed by atoms with Gasteiger partial charge in [-0.1, -0.05) is 35.9 Å². The summed E-state index contributed by atoms with van der Waals surface area (Å²) in [6.45, 7) is 1.44. The number of nitrogens with one attached hydrogen (secondary N) is 1. The summed E-state index contributed by atoms with van der Waals surface area (Å²) < 4.78 is 19.5. The van der Waals surface area contributed by atoms with E-state index in [1.807, 2.05) is 30.5 Å². The highest BCUT2D eigenvalue weighted by atomic mass is 35.5. The average molecular weight is 357 g/mol. The van der Waals surface area contributed by atoms with Gasteiger partial charge in [0.15, 0.2) is 0 Å². The normalized spacial score (nSPS) is 10.6.